The zero-order chi connectivity index (χ0) is 21.4. The van der Waals surface area contributed by atoms with Crippen molar-refractivity contribution in [3.8, 4) is 0 Å². The molecule has 0 saturated heterocycles. The molecule has 0 radical (unpaired) electrons. The summed E-state index contributed by atoms with van der Waals surface area (Å²) < 4.78 is 23.8. The number of alkyl halides is 2. The van der Waals surface area contributed by atoms with Crippen molar-refractivity contribution >= 4 is 45.2 Å². The molecule has 2 fully saturated rings. The normalized spacial score (nSPS) is 17.0. The van der Waals surface area contributed by atoms with Crippen LogP contribution in [0.5, 0.6) is 0 Å². The highest BCUT2D eigenvalue weighted by Gasteiger charge is 2.15. The van der Waals surface area contributed by atoms with Crippen LogP contribution in [0.2, 0.25) is 0 Å². The van der Waals surface area contributed by atoms with Gasteiger partial charge in [0.25, 0.3) is 0 Å². The molecule has 0 bridgehead atoms. The van der Waals surface area contributed by atoms with Crippen molar-refractivity contribution in [2.75, 3.05) is 61.7 Å². The van der Waals surface area contributed by atoms with E-state index in [-0.39, 0.29) is 0 Å². The van der Waals surface area contributed by atoms with Crippen LogP contribution in [0.3, 0.4) is 0 Å². The molecule has 29 heavy (non-hydrogen) atoms. The highest BCUT2D eigenvalue weighted by molar-refractivity contribution is 14.1. The Labute approximate surface area is 208 Å². The monoisotopic (exact) mass is 640 g/mol. The van der Waals surface area contributed by atoms with Crippen molar-refractivity contribution in [1.29, 1.82) is 0 Å². The molecule has 4 nitrogen and oxygen atoms in total. The van der Waals surface area contributed by atoms with Crippen LogP contribution in [0.25, 0.3) is 0 Å². The maximum absolute atomic E-state index is 5.54. The molecule has 2 saturated carbocycles. The maximum atomic E-state index is 5.54. The molecular formula is C23H46I2O4. The van der Waals surface area contributed by atoms with Crippen molar-refractivity contribution < 1.29 is 18.9 Å². The van der Waals surface area contributed by atoms with E-state index in [0.29, 0.717) is 0 Å². The first-order chi connectivity index (χ1) is 14.3. The summed E-state index contributed by atoms with van der Waals surface area (Å²) in [6.45, 7) is 10.9. The predicted molar refractivity (Wildman–Crippen MR) is 141 cm³/mol. The Balaban J connectivity index is 0.000000477. The molecule has 0 amide bonds. The summed E-state index contributed by atoms with van der Waals surface area (Å²) in [5, 5.41) is 0. The van der Waals surface area contributed by atoms with Gasteiger partial charge < -0.3 is 18.9 Å². The van der Waals surface area contributed by atoms with Gasteiger partial charge in [0, 0.05) is 22.1 Å². The van der Waals surface area contributed by atoms with Crippen molar-refractivity contribution in [1.82, 2.24) is 0 Å². The lowest BCUT2D eigenvalue weighted by molar-refractivity contribution is 0.0395. The van der Waals surface area contributed by atoms with Gasteiger partial charge in [0.2, 0.25) is 0 Å². The van der Waals surface area contributed by atoms with Crippen LogP contribution in [0.1, 0.15) is 71.6 Å². The third-order valence-corrected chi connectivity index (χ3v) is 5.72. The van der Waals surface area contributed by atoms with Crippen molar-refractivity contribution in [3.05, 3.63) is 0 Å². The van der Waals surface area contributed by atoms with Crippen molar-refractivity contribution in [2.24, 2.45) is 11.8 Å². The van der Waals surface area contributed by atoms with E-state index in [9.17, 15) is 0 Å². The van der Waals surface area contributed by atoms with Crippen LogP contribution in [0.4, 0.5) is 0 Å². The second kappa shape index (κ2) is 25.6. The summed E-state index contributed by atoms with van der Waals surface area (Å²) in [7, 11) is 0. The Morgan fingerprint density at radius 1 is 0.552 bits per heavy atom. The number of hydrogen-bond donors (Lipinski definition) is 0. The van der Waals surface area contributed by atoms with Gasteiger partial charge in [-0.25, -0.2) is 0 Å². The summed E-state index contributed by atoms with van der Waals surface area (Å²) in [6, 6.07) is 0. The van der Waals surface area contributed by atoms with Crippen LogP contribution in [0.15, 0.2) is 0 Å². The molecule has 2 rings (SSSR count). The molecule has 0 aromatic rings. The highest BCUT2D eigenvalue weighted by atomic mass is 127. The fourth-order valence-electron chi connectivity index (χ4n) is 3.40. The van der Waals surface area contributed by atoms with E-state index in [4.69, 9.17) is 18.9 Å². The topological polar surface area (TPSA) is 36.9 Å². The van der Waals surface area contributed by atoms with Crippen LogP contribution in [0, 0.1) is 11.8 Å². The van der Waals surface area contributed by atoms with E-state index >= 15 is 0 Å². The molecule has 2 aliphatic rings. The van der Waals surface area contributed by atoms with Gasteiger partial charge in [0.15, 0.2) is 0 Å². The zero-order valence-electron chi connectivity index (χ0n) is 19.0. The minimum absolute atomic E-state index is 0.760. The van der Waals surface area contributed by atoms with E-state index < -0.39 is 0 Å². The van der Waals surface area contributed by atoms with E-state index in [0.717, 1.165) is 73.5 Å². The average Bonchev–Trinajstić information content (AvgIpc) is 3.43. The smallest absolute Gasteiger partial charge is 0.0700 e. The molecule has 0 unspecified atom stereocenters. The van der Waals surface area contributed by atoms with Crippen LogP contribution < -0.4 is 0 Å². The lowest BCUT2D eigenvalue weighted by Gasteiger charge is -2.09. The summed E-state index contributed by atoms with van der Waals surface area (Å²) >= 11 is 4.63. The van der Waals surface area contributed by atoms with Crippen LogP contribution >= 0.6 is 45.2 Å². The minimum atomic E-state index is 0.760. The summed E-state index contributed by atoms with van der Waals surface area (Å²) in [5.41, 5.74) is 0. The summed E-state index contributed by atoms with van der Waals surface area (Å²) in [6.07, 6.45) is 12.3. The van der Waals surface area contributed by atoms with Gasteiger partial charge in [-0.1, -0.05) is 91.1 Å². The van der Waals surface area contributed by atoms with Gasteiger partial charge in [-0.2, -0.15) is 0 Å². The number of halogens is 2. The van der Waals surface area contributed by atoms with Gasteiger partial charge in [0.05, 0.1) is 39.6 Å². The van der Waals surface area contributed by atoms with Gasteiger partial charge in [-0.05, 0) is 37.5 Å². The predicted octanol–water partition coefficient (Wildman–Crippen LogP) is 6.71. The molecular weight excluding hydrogens is 594 g/mol. The number of ether oxygens (including phenoxy) is 4. The van der Waals surface area contributed by atoms with Crippen LogP contribution in [-0.2, 0) is 18.9 Å². The molecule has 0 aromatic carbocycles. The molecule has 2 aliphatic carbocycles. The first-order valence-electron chi connectivity index (χ1n) is 11.7. The third kappa shape index (κ3) is 22.3. The van der Waals surface area contributed by atoms with E-state index in [1.165, 1.54) is 57.8 Å². The SMILES string of the molecule is CCC.ICCOCCOCC1CCCC1.ICCOCCOCC1CCCC1. The van der Waals surface area contributed by atoms with Gasteiger partial charge in [-0.3, -0.25) is 0 Å². The second-order valence-corrected chi connectivity index (χ2v) is 9.92. The summed E-state index contributed by atoms with van der Waals surface area (Å²) in [5.74, 6) is 1.68. The minimum Gasteiger partial charge on any atom is -0.379 e. The lowest BCUT2D eigenvalue weighted by atomic mass is 10.1. The van der Waals surface area contributed by atoms with E-state index in [2.05, 4.69) is 59.0 Å². The number of hydrogen-bond acceptors (Lipinski definition) is 4. The van der Waals surface area contributed by atoms with Crippen LogP contribution in [-0.4, -0.2) is 61.7 Å². The molecule has 0 spiro atoms. The van der Waals surface area contributed by atoms with Gasteiger partial charge >= 0.3 is 0 Å². The van der Waals surface area contributed by atoms with Crippen molar-refractivity contribution in [3.63, 3.8) is 0 Å². The molecule has 0 N–H and O–H groups in total. The Hall–Kier alpha value is 1.30. The maximum Gasteiger partial charge on any atom is 0.0700 e. The fourth-order valence-corrected chi connectivity index (χ4v) is 4.03. The lowest BCUT2D eigenvalue weighted by Crippen LogP contribution is -2.10. The average molecular weight is 640 g/mol. The highest BCUT2D eigenvalue weighted by Crippen LogP contribution is 2.25. The fraction of sp³-hybridized carbons (Fsp3) is 1.00. The molecule has 0 heterocycles. The zero-order valence-corrected chi connectivity index (χ0v) is 23.3. The van der Waals surface area contributed by atoms with E-state index in [1.807, 2.05) is 0 Å². The van der Waals surface area contributed by atoms with Crippen molar-refractivity contribution in [2.45, 2.75) is 71.6 Å². The molecule has 6 heteroatoms. The quantitative estimate of drug-likeness (QED) is 0.120. The molecule has 0 aliphatic heterocycles. The largest absolute Gasteiger partial charge is 0.379 e. The Morgan fingerprint density at radius 3 is 1.17 bits per heavy atom. The Morgan fingerprint density at radius 2 is 0.862 bits per heavy atom. The molecule has 176 valence electrons. The summed E-state index contributed by atoms with van der Waals surface area (Å²) in [4.78, 5) is 0. The standard InChI is InChI=1S/2C10H19IO2.C3H8/c2*11-5-6-12-7-8-13-9-10-3-1-2-4-10;1-3-2/h2*10H,1-9H2;3H2,1-2H3. The first-order valence-corrected chi connectivity index (χ1v) is 14.8. The second-order valence-electron chi connectivity index (χ2n) is 7.76. The van der Waals surface area contributed by atoms with Gasteiger partial charge in [-0.15, -0.1) is 0 Å². The third-order valence-electron chi connectivity index (χ3n) is 4.84. The first kappa shape index (κ1) is 30.3. The Kier molecular flexibility index (Phi) is 26.7. The molecule has 0 aromatic heterocycles. The number of rotatable bonds is 14. The van der Waals surface area contributed by atoms with Gasteiger partial charge in [0.1, 0.15) is 0 Å². The Bertz CT molecular complexity index is 269. The van der Waals surface area contributed by atoms with E-state index in [1.54, 1.807) is 0 Å². The molecule has 0 atom stereocenters.